The molecule has 0 aliphatic carbocycles. The number of carbonyl (C=O) groups excluding carboxylic acids is 4. The molecule has 0 saturated carbocycles. The number of carbonyl (C=O) groups is 4. The van der Waals surface area contributed by atoms with E-state index in [-0.39, 0.29) is 67.8 Å². The number of amides is 8. The van der Waals surface area contributed by atoms with E-state index in [1.165, 1.54) is 109 Å². The summed E-state index contributed by atoms with van der Waals surface area (Å²) in [6.45, 7) is 14.7. The number of hydrogen-bond acceptors (Lipinski definition) is 24. The summed E-state index contributed by atoms with van der Waals surface area (Å²) in [5.41, 5.74) is 8.92. The van der Waals surface area contributed by atoms with E-state index in [9.17, 15) is 67.5 Å². The van der Waals surface area contributed by atoms with Crippen LogP contribution in [0.3, 0.4) is 0 Å². The number of nitrogens with one attached hydrogen (secondary N) is 8. The summed E-state index contributed by atoms with van der Waals surface area (Å²) in [6.07, 6.45) is 2.41. The largest absolute Gasteiger partial charge is 0.454 e. The molecule has 44 heteroatoms. The van der Waals surface area contributed by atoms with E-state index in [1.807, 2.05) is 0 Å². The van der Waals surface area contributed by atoms with Gasteiger partial charge in [-0.3, -0.25) is 39.5 Å². The number of anilines is 8. The van der Waals surface area contributed by atoms with Crippen LogP contribution in [0.1, 0.15) is 28.3 Å². The number of hydrogen-bond donors (Lipinski definition) is 8. The lowest BCUT2D eigenvalue weighted by Crippen LogP contribution is -2.35. The van der Waals surface area contributed by atoms with Crippen molar-refractivity contribution in [2.24, 2.45) is 0 Å². The normalized spacial score (nSPS) is 14.0. The minimum Gasteiger partial charge on any atom is -0.454 e. The van der Waals surface area contributed by atoms with E-state index in [0.717, 1.165) is 118 Å². The van der Waals surface area contributed by atoms with Gasteiger partial charge in [0.1, 0.15) is 34.6 Å². The maximum atomic E-state index is 14.5. The summed E-state index contributed by atoms with van der Waals surface area (Å²) in [6, 6.07) is 49.4. The molecule has 8 heterocycles. The molecule has 12 aromatic carbocycles. The highest BCUT2D eigenvalue weighted by atomic mass is 35.5. The second-order valence-electron chi connectivity index (χ2n) is 33.8. The molecule has 4 aliphatic rings. The standard InChI is InChI=1S/C27H23F4N5O3.C26H22ClF2N5O3.C26H22F3N5O3.C26H23F2N5O3/c28-22-6-4-19(35-26(37)34-18-3-1-2-17(12-18)27(29,30)31)13-25(22)39-21-5-7-23-24(14-21)33-20(15-32-23)16-36-8-10-38-11-9-36;2*27-20-4-1-16(11-22(20)29)32-26(35)33-17-2-5-21(28)25(12-17)37-19-3-6-23-24(13-19)31-18(14-30-23)15-34-7-9-36-10-8-34;27-17-2-1-3-18(12-17)31-26(34)32-19-4-6-22(28)25(13-19)36-21-5-7-23-24(14-21)30-20(15-29-23)16-33-8-10-35-11-9-33/h1-7,12-15H,8-11,16H2,(H2,34,35,37);2*1-6,11-14H,7-10,15H2,(H2,32,33,35);1-7,12-15H,8-11,16H2,(H2,31,32,34). The molecule has 8 N–H and O–H groups in total. The number of ether oxygens (including phenoxy) is 8. The average molecular weight is 2070 g/mol. The SMILES string of the molecule is O=C(Nc1ccc(Cl)c(F)c1)Nc1ccc(F)c(Oc2ccc3ncc(CN4CCOCC4)nc3c2)c1.O=C(Nc1ccc(F)c(F)c1)Nc1ccc(F)c(Oc2ccc3ncc(CN4CCOCC4)nc3c2)c1.O=C(Nc1cccc(C(F)(F)F)c1)Nc1ccc(F)c(Oc2ccc3ncc(CN4CCOCC4)nc3c2)c1.O=C(Nc1cccc(F)c1)Nc1ccc(F)c(Oc2ccc3ncc(CN4CCOCC4)nc3c2)c1. The van der Waals surface area contributed by atoms with Crippen molar-refractivity contribution in [3.63, 3.8) is 0 Å². The van der Waals surface area contributed by atoms with Crippen LogP contribution in [0.4, 0.5) is 113 Å². The molecule has 766 valence electrons. The van der Waals surface area contributed by atoms with Crippen molar-refractivity contribution < 1.29 is 105 Å². The van der Waals surface area contributed by atoms with E-state index in [4.69, 9.17) is 49.5 Å². The quantitative estimate of drug-likeness (QED) is 0.0261. The number of fused-ring (bicyclic) bond motifs is 4. The number of nitrogens with zero attached hydrogens (tertiary/aromatic N) is 12. The van der Waals surface area contributed by atoms with Crippen LogP contribution in [0.25, 0.3) is 44.1 Å². The minimum atomic E-state index is -4.55. The Morgan fingerprint density at radius 1 is 0.282 bits per heavy atom. The summed E-state index contributed by atoms with van der Waals surface area (Å²) < 4.78 is 195. The lowest BCUT2D eigenvalue weighted by Gasteiger charge is -2.26. The van der Waals surface area contributed by atoms with Crippen molar-refractivity contribution >= 4 is 125 Å². The van der Waals surface area contributed by atoms with Crippen molar-refractivity contribution in [2.45, 2.75) is 32.4 Å². The third-order valence-corrected chi connectivity index (χ3v) is 23.1. The highest BCUT2D eigenvalue weighted by Gasteiger charge is 2.31. The second-order valence-corrected chi connectivity index (χ2v) is 34.2. The number of benzene rings is 12. The predicted molar refractivity (Wildman–Crippen MR) is 535 cm³/mol. The van der Waals surface area contributed by atoms with Crippen molar-refractivity contribution in [2.75, 3.05) is 148 Å². The fourth-order valence-electron chi connectivity index (χ4n) is 15.4. The summed E-state index contributed by atoms with van der Waals surface area (Å²) in [7, 11) is 0. The van der Waals surface area contributed by atoms with Gasteiger partial charge in [0.05, 0.1) is 155 Å². The molecule has 0 spiro atoms. The molecule has 32 nitrogen and oxygen atoms in total. The Balaban J connectivity index is 0.000000135. The van der Waals surface area contributed by atoms with Gasteiger partial charge in [0.2, 0.25) is 0 Å². The van der Waals surface area contributed by atoms with E-state index < -0.39 is 82.4 Å². The smallest absolute Gasteiger partial charge is 0.416 e. The van der Waals surface area contributed by atoms with Gasteiger partial charge < -0.3 is 80.4 Å². The highest BCUT2D eigenvalue weighted by molar-refractivity contribution is 6.30. The number of morpholine rings is 4. The second kappa shape index (κ2) is 49.1. The average Bonchev–Trinajstić information content (AvgIpc) is 0.817. The molecular weight excluding hydrogens is 1980 g/mol. The first-order valence-electron chi connectivity index (χ1n) is 46.4. The van der Waals surface area contributed by atoms with Crippen LogP contribution < -0.4 is 61.5 Å². The topological polar surface area (TPSA) is 354 Å². The Morgan fingerprint density at radius 3 is 0.826 bits per heavy atom. The van der Waals surface area contributed by atoms with Gasteiger partial charge in [-0.2, -0.15) is 13.2 Å². The van der Waals surface area contributed by atoms with E-state index in [2.05, 4.69) is 102 Å². The summed E-state index contributed by atoms with van der Waals surface area (Å²) >= 11 is 5.66. The monoisotopic (exact) mass is 2070 g/mol. The Hall–Kier alpha value is -16.5. The molecular formula is C105H90ClF11N20O12. The van der Waals surface area contributed by atoms with E-state index >= 15 is 0 Å². The Labute approximate surface area is 847 Å². The molecule has 4 saturated heterocycles. The number of urea groups is 4. The lowest BCUT2D eigenvalue weighted by atomic mass is 10.2. The van der Waals surface area contributed by atoms with E-state index in [1.54, 1.807) is 104 Å². The van der Waals surface area contributed by atoms with Crippen LogP contribution in [0.2, 0.25) is 5.02 Å². The van der Waals surface area contributed by atoms with Crippen LogP contribution in [-0.2, 0) is 51.3 Å². The molecule has 8 amide bonds. The zero-order chi connectivity index (χ0) is 104. The molecule has 4 aromatic heterocycles. The van der Waals surface area contributed by atoms with Crippen molar-refractivity contribution in [3.8, 4) is 46.0 Å². The maximum Gasteiger partial charge on any atom is 0.416 e. The molecule has 0 unspecified atom stereocenters. The Morgan fingerprint density at radius 2 is 0.544 bits per heavy atom. The van der Waals surface area contributed by atoms with Crippen LogP contribution in [0.5, 0.6) is 46.0 Å². The van der Waals surface area contributed by atoms with Gasteiger partial charge >= 0.3 is 30.3 Å². The first-order chi connectivity index (χ1) is 72.1. The van der Waals surface area contributed by atoms with Crippen LogP contribution in [0, 0.1) is 46.5 Å². The van der Waals surface area contributed by atoms with Gasteiger partial charge in [-0.05, 0) is 164 Å². The first-order valence-corrected chi connectivity index (χ1v) is 46.8. The van der Waals surface area contributed by atoms with Crippen molar-refractivity contribution in [1.29, 1.82) is 0 Å². The molecule has 4 fully saturated rings. The molecule has 0 atom stereocenters. The van der Waals surface area contributed by atoms with Gasteiger partial charge in [-0.25, -0.2) is 74.2 Å². The van der Waals surface area contributed by atoms with E-state index in [0.29, 0.717) is 152 Å². The van der Waals surface area contributed by atoms with Crippen LogP contribution >= 0.6 is 11.6 Å². The number of aromatic nitrogens is 8. The third-order valence-electron chi connectivity index (χ3n) is 22.8. The predicted octanol–water partition coefficient (Wildman–Crippen LogP) is 22.4. The zero-order valence-corrected chi connectivity index (χ0v) is 79.4. The van der Waals surface area contributed by atoms with Crippen LogP contribution in [0.15, 0.2) is 255 Å². The first kappa shape index (κ1) is 104. The fourth-order valence-corrected chi connectivity index (χ4v) is 15.6. The summed E-state index contributed by atoms with van der Waals surface area (Å²) in [5, 5.41) is 19.8. The summed E-state index contributed by atoms with van der Waals surface area (Å²) in [5.74, 6) is -4.85. The fraction of sp³-hybridized carbons (Fsp3) is 0.200. The highest BCUT2D eigenvalue weighted by Crippen LogP contribution is 2.38. The Kier molecular flexibility index (Phi) is 34.2. The minimum absolute atomic E-state index is 0.0498. The van der Waals surface area contributed by atoms with Gasteiger partial charge in [-0.15, -0.1) is 0 Å². The molecule has 20 rings (SSSR count). The molecule has 0 bridgehead atoms. The lowest BCUT2D eigenvalue weighted by molar-refractivity contribution is -0.137. The zero-order valence-electron chi connectivity index (χ0n) is 78.7. The Bertz CT molecular complexity index is 7310. The van der Waals surface area contributed by atoms with Gasteiger partial charge in [-0.1, -0.05) is 23.7 Å². The molecule has 149 heavy (non-hydrogen) atoms. The molecule has 4 aliphatic heterocycles. The van der Waals surface area contributed by atoms with Crippen molar-refractivity contribution in [1.82, 2.24) is 59.5 Å². The maximum absolute atomic E-state index is 14.5. The van der Waals surface area contributed by atoms with Gasteiger partial charge in [0, 0.05) is 179 Å². The molecule has 0 radical (unpaired) electrons. The van der Waals surface area contributed by atoms with Crippen molar-refractivity contribution in [3.05, 3.63) is 335 Å². The van der Waals surface area contributed by atoms with Gasteiger partial charge in [0.15, 0.2) is 57.9 Å². The molecule has 16 aromatic rings. The number of halogens is 12. The number of rotatable bonds is 24. The summed E-state index contributed by atoms with van der Waals surface area (Å²) in [4.78, 5) is 94.7. The van der Waals surface area contributed by atoms with Crippen LogP contribution in [-0.4, -0.2) is 189 Å². The third kappa shape index (κ3) is 29.9. The number of alkyl halides is 3. The van der Waals surface area contributed by atoms with Gasteiger partial charge in [0.25, 0.3) is 0 Å².